The van der Waals surface area contributed by atoms with E-state index in [1.807, 2.05) is 12.1 Å². The summed E-state index contributed by atoms with van der Waals surface area (Å²) in [5, 5.41) is 4.96. The van der Waals surface area contributed by atoms with Gasteiger partial charge in [0.25, 0.3) is 10.0 Å². The van der Waals surface area contributed by atoms with Gasteiger partial charge in [0.2, 0.25) is 5.91 Å². The Bertz CT molecular complexity index is 909. The van der Waals surface area contributed by atoms with E-state index in [-0.39, 0.29) is 24.4 Å². The Balaban J connectivity index is 1.46. The molecule has 1 saturated heterocycles. The van der Waals surface area contributed by atoms with Gasteiger partial charge in [-0.1, -0.05) is 30.3 Å². The van der Waals surface area contributed by atoms with Gasteiger partial charge in [0.05, 0.1) is 12.0 Å². The lowest BCUT2D eigenvalue weighted by molar-refractivity contribution is -0.127. The van der Waals surface area contributed by atoms with Gasteiger partial charge in [-0.3, -0.25) is 4.79 Å². The average Bonchev–Trinajstić information content (AvgIpc) is 3.24. The van der Waals surface area contributed by atoms with Crippen molar-refractivity contribution in [1.29, 1.82) is 0 Å². The Morgan fingerprint density at radius 2 is 1.96 bits per heavy atom. The highest BCUT2D eigenvalue weighted by atomic mass is 32.2. The third-order valence-electron chi connectivity index (χ3n) is 5.53. The third-order valence-corrected chi connectivity index (χ3v) is 8.77. The number of carbonyl (C=O) groups excluding carboxylic acids is 1. The summed E-state index contributed by atoms with van der Waals surface area (Å²) in [5.41, 5.74) is 2.51. The first-order valence-electron chi connectivity index (χ1n) is 9.47. The predicted octanol–water partition coefficient (Wildman–Crippen LogP) is 3.34. The van der Waals surface area contributed by atoms with Gasteiger partial charge in [-0.25, -0.2) is 8.42 Å². The number of benzene rings is 1. The molecule has 2 aliphatic rings. The van der Waals surface area contributed by atoms with Gasteiger partial charge in [0, 0.05) is 13.1 Å². The number of nitrogens with one attached hydrogen (secondary N) is 1. The first kappa shape index (κ1) is 18.7. The summed E-state index contributed by atoms with van der Waals surface area (Å²) < 4.78 is 27.4. The third kappa shape index (κ3) is 3.81. The Labute approximate surface area is 164 Å². The number of rotatable bonds is 4. The molecule has 2 heterocycles. The lowest BCUT2D eigenvalue weighted by atomic mass is 9.87. The van der Waals surface area contributed by atoms with Crippen LogP contribution in [0.3, 0.4) is 0 Å². The molecular formula is C20H24N2O3S2. The van der Waals surface area contributed by atoms with Crippen molar-refractivity contribution in [2.75, 3.05) is 13.1 Å². The van der Waals surface area contributed by atoms with Crippen molar-refractivity contribution >= 4 is 27.3 Å². The van der Waals surface area contributed by atoms with E-state index >= 15 is 0 Å². The molecule has 1 aromatic carbocycles. The van der Waals surface area contributed by atoms with Gasteiger partial charge < -0.3 is 5.32 Å². The molecule has 4 rings (SSSR count). The molecule has 0 radical (unpaired) electrons. The number of amides is 1. The molecule has 2 aromatic rings. The topological polar surface area (TPSA) is 66.5 Å². The van der Waals surface area contributed by atoms with Crippen molar-refractivity contribution in [2.24, 2.45) is 5.92 Å². The monoisotopic (exact) mass is 404 g/mol. The molecule has 27 heavy (non-hydrogen) atoms. The normalized spacial score (nSPS) is 23.6. The smallest absolute Gasteiger partial charge is 0.252 e. The van der Waals surface area contributed by atoms with Gasteiger partial charge in [-0.05, 0) is 54.7 Å². The van der Waals surface area contributed by atoms with Crippen LogP contribution in [0, 0.1) is 5.92 Å². The van der Waals surface area contributed by atoms with Gasteiger partial charge >= 0.3 is 0 Å². The van der Waals surface area contributed by atoms with E-state index in [1.54, 1.807) is 17.5 Å². The van der Waals surface area contributed by atoms with E-state index in [0.29, 0.717) is 17.2 Å². The van der Waals surface area contributed by atoms with Crippen LogP contribution in [-0.4, -0.2) is 31.7 Å². The van der Waals surface area contributed by atoms with Crippen LogP contribution < -0.4 is 5.32 Å². The molecule has 0 unspecified atom stereocenters. The Hall–Kier alpha value is -1.70. The summed E-state index contributed by atoms with van der Waals surface area (Å²) in [7, 11) is -3.50. The second-order valence-corrected chi connectivity index (χ2v) is 10.4. The fraction of sp³-hybridized carbons (Fsp3) is 0.450. The second kappa shape index (κ2) is 7.73. The molecule has 144 valence electrons. The summed E-state index contributed by atoms with van der Waals surface area (Å²) in [6.07, 6.45) is 4.50. The number of carbonyl (C=O) groups is 1. The molecule has 1 aliphatic carbocycles. The van der Waals surface area contributed by atoms with Crippen molar-refractivity contribution in [3.63, 3.8) is 0 Å². The number of piperidine rings is 1. The van der Waals surface area contributed by atoms with Crippen molar-refractivity contribution < 1.29 is 13.2 Å². The molecule has 1 amide bonds. The van der Waals surface area contributed by atoms with Crippen LogP contribution in [0.4, 0.5) is 0 Å². The van der Waals surface area contributed by atoms with E-state index in [0.717, 1.165) is 25.7 Å². The van der Waals surface area contributed by atoms with E-state index in [1.165, 1.54) is 26.8 Å². The quantitative estimate of drug-likeness (QED) is 0.850. The van der Waals surface area contributed by atoms with Crippen molar-refractivity contribution in [2.45, 2.75) is 42.4 Å². The minimum atomic E-state index is -3.50. The molecule has 5 nitrogen and oxygen atoms in total. The van der Waals surface area contributed by atoms with Crippen molar-refractivity contribution in [3.05, 3.63) is 52.9 Å². The molecule has 7 heteroatoms. The first-order chi connectivity index (χ1) is 13.1. The number of aryl methyl sites for hydroxylation is 1. The average molecular weight is 405 g/mol. The Morgan fingerprint density at radius 1 is 1.11 bits per heavy atom. The molecule has 2 atom stereocenters. The summed E-state index contributed by atoms with van der Waals surface area (Å²) >= 11 is 1.22. The van der Waals surface area contributed by atoms with Crippen LogP contribution in [0.2, 0.25) is 0 Å². The fourth-order valence-corrected chi connectivity index (χ4v) is 6.77. The number of hydrogen-bond acceptors (Lipinski definition) is 4. The first-order valence-corrected chi connectivity index (χ1v) is 11.8. The standard InChI is InChI=1S/C20H24N2O3S2/c23-20(21-18-10-3-7-15-6-1-2-9-17(15)18)16-8-4-12-22(14-16)27(24,25)19-11-5-13-26-19/h1-2,5-6,9,11,13,16,18H,3-4,7-8,10,12,14H2,(H,21,23)/t16-,18+/m1/s1. The maximum atomic E-state index is 12.9. The highest BCUT2D eigenvalue weighted by molar-refractivity contribution is 7.91. The van der Waals surface area contributed by atoms with E-state index in [9.17, 15) is 13.2 Å². The van der Waals surface area contributed by atoms with Gasteiger partial charge in [-0.2, -0.15) is 4.31 Å². The molecule has 0 bridgehead atoms. The van der Waals surface area contributed by atoms with E-state index in [2.05, 4.69) is 17.4 Å². The van der Waals surface area contributed by atoms with Crippen LogP contribution in [0.1, 0.15) is 42.9 Å². The fourth-order valence-electron chi connectivity index (χ4n) is 4.11. The summed E-state index contributed by atoms with van der Waals surface area (Å²) in [5.74, 6) is -0.314. The largest absolute Gasteiger partial charge is 0.349 e. The molecular weight excluding hydrogens is 380 g/mol. The lowest BCUT2D eigenvalue weighted by Gasteiger charge is -2.33. The van der Waals surface area contributed by atoms with Gasteiger partial charge in [0.1, 0.15) is 4.21 Å². The number of sulfonamides is 1. The molecule has 1 aliphatic heterocycles. The van der Waals surface area contributed by atoms with E-state index in [4.69, 9.17) is 0 Å². The summed E-state index contributed by atoms with van der Waals surface area (Å²) in [4.78, 5) is 12.9. The van der Waals surface area contributed by atoms with Crippen molar-refractivity contribution in [1.82, 2.24) is 9.62 Å². The second-order valence-electron chi connectivity index (χ2n) is 7.29. The van der Waals surface area contributed by atoms with Crippen molar-refractivity contribution in [3.8, 4) is 0 Å². The number of hydrogen-bond donors (Lipinski definition) is 1. The number of fused-ring (bicyclic) bond motifs is 1. The molecule has 1 fully saturated rings. The summed E-state index contributed by atoms with van der Waals surface area (Å²) in [6.45, 7) is 0.747. The highest BCUT2D eigenvalue weighted by Gasteiger charge is 2.34. The summed E-state index contributed by atoms with van der Waals surface area (Å²) in [6, 6.07) is 11.7. The molecule has 0 saturated carbocycles. The molecule has 0 spiro atoms. The minimum Gasteiger partial charge on any atom is -0.349 e. The number of nitrogens with zero attached hydrogens (tertiary/aromatic N) is 1. The SMILES string of the molecule is O=C(N[C@H]1CCCc2ccccc21)[C@@H]1CCCN(S(=O)(=O)c2cccs2)C1. The van der Waals surface area contributed by atoms with Crippen LogP contribution in [0.5, 0.6) is 0 Å². The Kier molecular flexibility index (Phi) is 5.34. The minimum absolute atomic E-state index is 0.0252. The van der Waals surface area contributed by atoms with Gasteiger partial charge in [-0.15, -0.1) is 11.3 Å². The predicted molar refractivity (Wildman–Crippen MR) is 106 cm³/mol. The zero-order chi connectivity index (χ0) is 18.9. The zero-order valence-electron chi connectivity index (χ0n) is 15.1. The maximum absolute atomic E-state index is 12.9. The van der Waals surface area contributed by atoms with E-state index < -0.39 is 10.0 Å². The van der Waals surface area contributed by atoms with Crippen LogP contribution >= 0.6 is 11.3 Å². The van der Waals surface area contributed by atoms with Crippen LogP contribution in [0.15, 0.2) is 46.0 Å². The maximum Gasteiger partial charge on any atom is 0.252 e. The van der Waals surface area contributed by atoms with Crippen LogP contribution in [-0.2, 0) is 21.2 Å². The molecule has 1 N–H and O–H groups in total. The zero-order valence-corrected chi connectivity index (χ0v) is 16.8. The Morgan fingerprint density at radius 3 is 2.78 bits per heavy atom. The van der Waals surface area contributed by atoms with Crippen LogP contribution in [0.25, 0.3) is 0 Å². The van der Waals surface area contributed by atoms with Gasteiger partial charge in [0.15, 0.2) is 0 Å². The number of thiophene rings is 1. The highest BCUT2D eigenvalue weighted by Crippen LogP contribution is 2.31. The molecule has 1 aromatic heterocycles. The lowest BCUT2D eigenvalue weighted by Crippen LogP contribution is -2.46.